The summed E-state index contributed by atoms with van der Waals surface area (Å²) in [6.07, 6.45) is -3.87. The number of alkyl halides is 3. The summed E-state index contributed by atoms with van der Waals surface area (Å²) in [4.78, 5) is 22.4. The average molecular weight is 602 g/mol. The van der Waals surface area contributed by atoms with Gasteiger partial charge in [-0.05, 0) is 50.6 Å². The minimum absolute atomic E-state index is 0.110. The number of nitrogens with zero attached hydrogens (tertiary/aromatic N) is 3. The lowest BCUT2D eigenvalue weighted by Crippen LogP contribution is -2.18. The molecular formula is C29H31F3N5O4P. The van der Waals surface area contributed by atoms with E-state index in [4.69, 9.17) is 4.52 Å². The van der Waals surface area contributed by atoms with E-state index in [0.717, 1.165) is 5.56 Å². The molecule has 2 aromatic carbocycles. The molecule has 1 aliphatic rings. The molecule has 0 aliphatic carbocycles. The lowest BCUT2D eigenvalue weighted by atomic mass is 10.00. The fraction of sp³-hybridized carbons (Fsp3) is 0.345. The Morgan fingerprint density at radius 1 is 1.14 bits per heavy atom. The van der Waals surface area contributed by atoms with Gasteiger partial charge in [-0.15, -0.1) is 0 Å². The van der Waals surface area contributed by atoms with Gasteiger partial charge in [-0.1, -0.05) is 24.0 Å². The van der Waals surface area contributed by atoms with Gasteiger partial charge >= 0.3 is 6.18 Å². The van der Waals surface area contributed by atoms with Crippen LogP contribution in [0.15, 0.2) is 42.6 Å². The molecule has 3 aromatic rings. The number of carbonyl (C=O) groups excluding carboxylic acids is 1. The van der Waals surface area contributed by atoms with Crippen molar-refractivity contribution in [3.63, 3.8) is 0 Å². The van der Waals surface area contributed by atoms with Crippen LogP contribution in [0.4, 0.5) is 36.3 Å². The number of hydrogen-bond acceptors (Lipinski definition) is 8. The highest BCUT2D eigenvalue weighted by Gasteiger charge is 2.37. The van der Waals surface area contributed by atoms with Crippen molar-refractivity contribution in [3.8, 4) is 11.8 Å². The maximum atomic E-state index is 13.9. The third-order valence-corrected chi connectivity index (χ3v) is 7.95. The number of amides is 1. The fourth-order valence-electron chi connectivity index (χ4n) is 4.34. The third-order valence-electron chi connectivity index (χ3n) is 6.20. The van der Waals surface area contributed by atoms with E-state index >= 15 is 0 Å². The molecule has 0 saturated heterocycles. The average Bonchev–Trinajstić information content (AvgIpc) is 3.18. The summed E-state index contributed by atoms with van der Waals surface area (Å²) in [5.41, 5.74) is 0.215. The Labute approximate surface area is 242 Å². The van der Waals surface area contributed by atoms with Gasteiger partial charge in [0.25, 0.3) is 5.91 Å². The Morgan fingerprint density at radius 2 is 1.83 bits per heavy atom. The number of carbonyl (C=O) groups is 1. The summed E-state index contributed by atoms with van der Waals surface area (Å²) in [6.45, 7) is 6.91. The predicted molar refractivity (Wildman–Crippen MR) is 154 cm³/mol. The van der Waals surface area contributed by atoms with Crippen molar-refractivity contribution in [2.45, 2.75) is 45.3 Å². The van der Waals surface area contributed by atoms with Crippen molar-refractivity contribution in [3.05, 3.63) is 70.4 Å². The second kappa shape index (κ2) is 11.8. The van der Waals surface area contributed by atoms with Gasteiger partial charge in [0.15, 0.2) is 0 Å². The summed E-state index contributed by atoms with van der Waals surface area (Å²) in [7, 11) is -1.21. The zero-order valence-electron chi connectivity index (χ0n) is 23.8. The van der Waals surface area contributed by atoms with Crippen LogP contribution in [-0.2, 0) is 28.0 Å². The summed E-state index contributed by atoms with van der Waals surface area (Å²) < 4.78 is 59.6. The van der Waals surface area contributed by atoms with Crippen molar-refractivity contribution in [1.29, 1.82) is 0 Å². The molecule has 0 radical (unpaired) electrons. The molecule has 1 unspecified atom stereocenters. The molecule has 1 aromatic heterocycles. The van der Waals surface area contributed by atoms with Crippen molar-refractivity contribution in [1.82, 2.24) is 14.9 Å². The SMILES string of the molecule is CCOP(C)(=O)Cc1ccc(Nc2ncc(C(F)(F)F)c(Nc3ccc(C#CC(C)(C)O)c4c3C(=O)N(C)C4)n2)cc1. The van der Waals surface area contributed by atoms with E-state index in [2.05, 4.69) is 32.4 Å². The highest BCUT2D eigenvalue weighted by molar-refractivity contribution is 7.57. The van der Waals surface area contributed by atoms with E-state index in [-0.39, 0.29) is 35.8 Å². The van der Waals surface area contributed by atoms with Crippen LogP contribution in [0.1, 0.15) is 53.4 Å². The van der Waals surface area contributed by atoms with E-state index in [1.54, 1.807) is 51.0 Å². The second-order valence-electron chi connectivity index (χ2n) is 10.5. The number of benzene rings is 2. The van der Waals surface area contributed by atoms with Crippen LogP contribution < -0.4 is 10.6 Å². The molecule has 42 heavy (non-hydrogen) atoms. The molecule has 222 valence electrons. The number of halogens is 3. The first-order valence-corrected chi connectivity index (χ1v) is 15.3. The topological polar surface area (TPSA) is 117 Å². The van der Waals surface area contributed by atoms with Crippen molar-refractivity contribution < 1.29 is 32.2 Å². The summed E-state index contributed by atoms with van der Waals surface area (Å²) in [6, 6.07) is 9.85. The normalized spacial score (nSPS) is 14.6. The Balaban J connectivity index is 1.66. The van der Waals surface area contributed by atoms with E-state index in [0.29, 0.717) is 29.6 Å². The molecule has 0 bridgehead atoms. The van der Waals surface area contributed by atoms with E-state index in [9.17, 15) is 27.6 Å². The quantitative estimate of drug-likeness (QED) is 0.209. The minimum Gasteiger partial charge on any atom is -0.378 e. The van der Waals surface area contributed by atoms with Crippen LogP contribution in [0.25, 0.3) is 0 Å². The van der Waals surface area contributed by atoms with Gasteiger partial charge in [0, 0.05) is 49.4 Å². The lowest BCUT2D eigenvalue weighted by Gasteiger charge is -2.17. The van der Waals surface area contributed by atoms with Gasteiger partial charge in [-0.3, -0.25) is 9.36 Å². The fourth-order valence-corrected chi connectivity index (χ4v) is 5.85. The summed E-state index contributed by atoms with van der Waals surface area (Å²) >= 11 is 0. The number of fused-ring (bicyclic) bond motifs is 1. The molecule has 2 heterocycles. The van der Waals surface area contributed by atoms with Gasteiger partial charge in [-0.2, -0.15) is 18.2 Å². The maximum Gasteiger partial charge on any atom is 0.421 e. The maximum absolute atomic E-state index is 13.9. The molecule has 9 nitrogen and oxygen atoms in total. The molecule has 13 heteroatoms. The summed E-state index contributed by atoms with van der Waals surface area (Å²) in [5.74, 6) is 4.53. The van der Waals surface area contributed by atoms with Crippen LogP contribution in [0.2, 0.25) is 0 Å². The Kier molecular flexibility index (Phi) is 8.69. The van der Waals surface area contributed by atoms with Crippen LogP contribution >= 0.6 is 7.37 Å². The zero-order chi connectivity index (χ0) is 30.9. The van der Waals surface area contributed by atoms with Crippen molar-refractivity contribution in [2.75, 3.05) is 31.0 Å². The minimum atomic E-state index is -4.78. The molecular weight excluding hydrogens is 570 g/mol. The Bertz CT molecular complexity index is 1610. The third kappa shape index (κ3) is 7.48. The zero-order valence-corrected chi connectivity index (χ0v) is 24.7. The number of nitrogens with one attached hydrogen (secondary N) is 2. The first-order chi connectivity index (χ1) is 19.6. The number of aliphatic hydroxyl groups is 1. The van der Waals surface area contributed by atoms with E-state index in [1.807, 2.05) is 0 Å². The van der Waals surface area contributed by atoms with Gasteiger partial charge in [0.2, 0.25) is 13.3 Å². The molecule has 1 aliphatic heterocycles. The molecule has 0 fully saturated rings. The molecule has 1 amide bonds. The summed E-state index contributed by atoms with van der Waals surface area (Å²) in [5, 5.41) is 15.6. The highest BCUT2D eigenvalue weighted by Crippen LogP contribution is 2.46. The first-order valence-electron chi connectivity index (χ1n) is 13.0. The second-order valence-corrected chi connectivity index (χ2v) is 13.1. The molecule has 1 atom stereocenters. The molecule has 0 spiro atoms. The predicted octanol–water partition coefficient (Wildman–Crippen LogP) is 6.14. The molecule has 0 saturated carbocycles. The van der Waals surface area contributed by atoms with Crippen LogP contribution in [0, 0.1) is 11.8 Å². The van der Waals surface area contributed by atoms with Crippen LogP contribution in [0.3, 0.4) is 0 Å². The van der Waals surface area contributed by atoms with E-state index < -0.39 is 30.5 Å². The van der Waals surface area contributed by atoms with Gasteiger partial charge in [0.1, 0.15) is 17.0 Å². The van der Waals surface area contributed by atoms with Gasteiger partial charge < -0.3 is 25.2 Å². The Morgan fingerprint density at radius 3 is 2.45 bits per heavy atom. The van der Waals surface area contributed by atoms with Crippen LogP contribution in [-0.4, -0.2) is 51.8 Å². The lowest BCUT2D eigenvalue weighted by molar-refractivity contribution is -0.137. The Hall–Kier alpha value is -3.91. The monoisotopic (exact) mass is 601 g/mol. The van der Waals surface area contributed by atoms with Crippen molar-refractivity contribution in [2.24, 2.45) is 0 Å². The molecule has 3 N–H and O–H groups in total. The van der Waals surface area contributed by atoms with E-state index in [1.165, 1.54) is 24.8 Å². The van der Waals surface area contributed by atoms with Gasteiger partial charge in [-0.25, -0.2) is 4.98 Å². The largest absolute Gasteiger partial charge is 0.421 e. The molecule has 4 rings (SSSR count). The standard InChI is InChI=1S/C29H31F3N5O4P/c1-6-41-42(5,40)17-18-7-10-20(11-8-18)34-27-33-15-22(29(30,31)32)25(36-27)35-23-12-9-19(13-14-28(2,3)39)21-16-37(4)26(38)24(21)23/h7-12,15,39H,6,16-17H2,1-5H3,(H2,33,34,35,36). The van der Waals surface area contributed by atoms with Gasteiger partial charge in [0.05, 0.1) is 17.9 Å². The highest BCUT2D eigenvalue weighted by atomic mass is 31.2. The smallest absolute Gasteiger partial charge is 0.378 e. The number of rotatable bonds is 8. The number of aromatic nitrogens is 2. The number of hydrogen-bond donors (Lipinski definition) is 3. The van der Waals surface area contributed by atoms with Crippen LogP contribution in [0.5, 0.6) is 0 Å². The first kappa shape index (κ1) is 31.0. The van der Waals surface area contributed by atoms with Crippen molar-refractivity contribution >= 4 is 36.4 Å². The number of anilines is 4.